The molecule has 0 heterocycles. The van der Waals surface area contributed by atoms with Crippen molar-refractivity contribution in [3.63, 3.8) is 0 Å². The summed E-state index contributed by atoms with van der Waals surface area (Å²) in [4.78, 5) is 54.6. The van der Waals surface area contributed by atoms with Gasteiger partial charge in [0.2, 0.25) is 23.6 Å². The van der Waals surface area contributed by atoms with E-state index in [0.29, 0.717) is 25.7 Å². The van der Waals surface area contributed by atoms with Gasteiger partial charge in [-0.25, -0.2) is 0 Å². The van der Waals surface area contributed by atoms with Gasteiger partial charge in [-0.1, -0.05) is 336 Å². The molecular weight excluding hydrogens is 1140 g/mol. The molecule has 6 atom stereocenters. The molecule has 6 unspecified atom stereocenters. The minimum Gasteiger partial charge on any atom is -0.393 e. The number of hydrogen-bond acceptors (Lipinski definition) is 8. The Balaban J connectivity index is 5.50. The van der Waals surface area contributed by atoms with Gasteiger partial charge in [0, 0.05) is 38.8 Å². The van der Waals surface area contributed by atoms with Gasteiger partial charge in [0.15, 0.2) is 0 Å². The SMILES string of the molecule is CCCCCCCC(O)CCCCCCCCCCC(=O)NCC(NC(=O)CCCCCCCCCCC(O)CCCCCCC)C(CNC(=O)CCCCCCCCCCC(O)CCCCCCC)NC(=O)CCCCCCCCCCC(O)CCCCCCC. The van der Waals surface area contributed by atoms with Gasteiger partial charge in [-0.3, -0.25) is 19.2 Å². The van der Waals surface area contributed by atoms with Crippen LogP contribution in [-0.4, -0.2) is 93.6 Å². The first-order valence-electron chi connectivity index (χ1n) is 40.8. The summed E-state index contributed by atoms with van der Waals surface area (Å²) < 4.78 is 0. The Hall–Kier alpha value is -2.28. The highest BCUT2D eigenvalue weighted by atomic mass is 16.3. The molecule has 0 aromatic carbocycles. The highest BCUT2D eigenvalue weighted by Crippen LogP contribution is 2.20. The Labute approximate surface area is 570 Å². The molecule has 0 spiro atoms. The Morgan fingerprint density at radius 1 is 0.217 bits per heavy atom. The van der Waals surface area contributed by atoms with Crippen LogP contribution in [-0.2, 0) is 19.2 Å². The third-order valence-corrected chi connectivity index (χ3v) is 19.5. The molecule has 0 aliphatic heterocycles. The summed E-state index contributed by atoms with van der Waals surface area (Å²) in [6, 6.07) is -1.21. The van der Waals surface area contributed by atoms with Crippen molar-refractivity contribution in [3.8, 4) is 0 Å². The predicted octanol–water partition coefficient (Wildman–Crippen LogP) is 20.7. The van der Waals surface area contributed by atoms with Crippen molar-refractivity contribution in [3.05, 3.63) is 0 Å². The molecule has 12 nitrogen and oxygen atoms in total. The van der Waals surface area contributed by atoms with Crippen LogP contribution in [0.1, 0.15) is 439 Å². The van der Waals surface area contributed by atoms with Crippen LogP contribution >= 0.6 is 0 Å². The lowest BCUT2D eigenvalue weighted by atomic mass is 10.0. The molecule has 0 saturated carbocycles. The highest BCUT2D eigenvalue weighted by molar-refractivity contribution is 5.79. The summed E-state index contributed by atoms with van der Waals surface area (Å²) in [5.74, 6) is -0.339. The average molecular weight is 1300 g/mol. The lowest BCUT2D eigenvalue weighted by molar-refractivity contribution is -0.126. The van der Waals surface area contributed by atoms with Crippen LogP contribution in [0.25, 0.3) is 0 Å². The summed E-state index contributed by atoms with van der Waals surface area (Å²) in [5.41, 5.74) is 0. The van der Waals surface area contributed by atoms with Crippen molar-refractivity contribution in [1.29, 1.82) is 0 Å². The maximum absolute atomic E-state index is 13.8. The summed E-state index contributed by atoms with van der Waals surface area (Å²) in [6.45, 7) is 9.25. The zero-order chi connectivity index (χ0) is 67.3. The molecule has 0 bridgehead atoms. The van der Waals surface area contributed by atoms with E-state index >= 15 is 0 Å². The highest BCUT2D eigenvalue weighted by Gasteiger charge is 2.26. The van der Waals surface area contributed by atoms with Crippen molar-refractivity contribution in [2.24, 2.45) is 0 Å². The number of rotatable bonds is 75. The molecule has 12 heteroatoms. The normalized spacial score (nSPS) is 13.6. The van der Waals surface area contributed by atoms with Gasteiger partial charge in [-0.2, -0.15) is 0 Å². The molecule has 0 saturated heterocycles. The van der Waals surface area contributed by atoms with E-state index in [0.717, 1.165) is 231 Å². The average Bonchev–Trinajstić information content (AvgIpc) is 3.75. The van der Waals surface area contributed by atoms with E-state index < -0.39 is 12.1 Å². The molecule has 0 aromatic heterocycles. The lowest BCUT2D eigenvalue weighted by Crippen LogP contribution is -2.60. The van der Waals surface area contributed by atoms with E-state index in [1.807, 2.05) is 0 Å². The molecule has 4 amide bonds. The zero-order valence-electron chi connectivity index (χ0n) is 61.6. The van der Waals surface area contributed by atoms with Crippen molar-refractivity contribution in [1.82, 2.24) is 21.3 Å². The Kier molecular flexibility index (Phi) is 69.7. The first-order chi connectivity index (χ1) is 44.9. The van der Waals surface area contributed by atoms with Crippen LogP contribution in [0, 0.1) is 0 Å². The zero-order valence-corrected chi connectivity index (χ0v) is 61.6. The molecule has 8 N–H and O–H groups in total. The second-order valence-electron chi connectivity index (χ2n) is 28.9. The number of unbranched alkanes of at least 4 members (excludes halogenated alkanes) is 44. The van der Waals surface area contributed by atoms with Gasteiger partial charge in [-0.15, -0.1) is 0 Å². The molecule has 0 aromatic rings. The van der Waals surface area contributed by atoms with Gasteiger partial charge in [0.25, 0.3) is 0 Å². The first kappa shape index (κ1) is 89.7. The number of nitrogens with one attached hydrogen (secondary N) is 4. The fraction of sp³-hybridized carbons (Fsp3) is 0.950. The molecule has 0 rings (SSSR count). The molecule has 546 valence electrons. The molecular formula is C80H158N4O8. The van der Waals surface area contributed by atoms with Crippen LogP contribution in [0.4, 0.5) is 0 Å². The number of carbonyl (C=O) groups is 4. The van der Waals surface area contributed by atoms with E-state index in [4.69, 9.17) is 0 Å². The van der Waals surface area contributed by atoms with Crippen LogP contribution in [0.15, 0.2) is 0 Å². The van der Waals surface area contributed by atoms with Crippen LogP contribution in [0.2, 0.25) is 0 Å². The summed E-state index contributed by atoms with van der Waals surface area (Å²) in [5, 5.41) is 54.3. The lowest BCUT2D eigenvalue weighted by Gasteiger charge is -2.30. The molecule has 0 aliphatic rings. The van der Waals surface area contributed by atoms with E-state index in [9.17, 15) is 39.6 Å². The predicted molar refractivity (Wildman–Crippen MR) is 392 cm³/mol. The molecule has 0 radical (unpaired) electrons. The van der Waals surface area contributed by atoms with Crippen LogP contribution in [0.3, 0.4) is 0 Å². The number of aliphatic hydroxyl groups is 4. The van der Waals surface area contributed by atoms with E-state index in [1.54, 1.807) is 0 Å². The summed E-state index contributed by atoms with van der Waals surface area (Å²) >= 11 is 0. The standard InChI is InChI=1S/C80H158N4O8/c1-5-9-13-33-45-57-71(85)61-49-37-25-17-21-29-41-53-65-77(89)81-69-75(83-79(91)67-55-43-31-23-19-27-39-51-63-73(87)59-47-35-15-11-7-3)76(84-80(92)68-56-44-32-24-20-28-40-52-64-74(88)60-48-36-16-12-8-4)70-82-78(90)66-54-42-30-22-18-26-38-50-62-72(86)58-46-34-14-10-6-2/h71-76,85-88H,5-70H2,1-4H3,(H,81,89)(H,82,90)(H,83,91)(H,84,92). The maximum Gasteiger partial charge on any atom is 0.220 e. The van der Waals surface area contributed by atoms with Crippen molar-refractivity contribution >= 4 is 23.6 Å². The van der Waals surface area contributed by atoms with Crippen LogP contribution < -0.4 is 21.3 Å². The largest absolute Gasteiger partial charge is 0.393 e. The van der Waals surface area contributed by atoms with Gasteiger partial charge < -0.3 is 41.7 Å². The number of carbonyl (C=O) groups excluding carboxylic acids is 4. The third kappa shape index (κ3) is 66.3. The number of aliphatic hydroxyl groups excluding tert-OH is 4. The van der Waals surface area contributed by atoms with E-state index in [1.165, 1.54) is 154 Å². The number of amides is 4. The first-order valence-corrected chi connectivity index (χ1v) is 40.8. The van der Waals surface area contributed by atoms with Crippen LogP contribution in [0.5, 0.6) is 0 Å². The second kappa shape index (κ2) is 71.5. The van der Waals surface area contributed by atoms with Gasteiger partial charge in [0.1, 0.15) is 0 Å². The smallest absolute Gasteiger partial charge is 0.220 e. The van der Waals surface area contributed by atoms with Gasteiger partial charge in [0.05, 0.1) is 36.5 Å². The molecule has 0 aliphatic carbocycles. The van der Waals surface area contributed by atoms with Crippen molar-refractivity contribution in [2.75, 3.05) is 13.1 Å². The third-order valence-electron chi connectivity index (χ3n) is 19.5. The van der Waals surface area contributed by atoms with E-state index in [-0.39, 0.29) is 61.1 Å². The maximum atomic E-state index is 13.8. The Bertz CT molecular complexity index is 1460. The number of hydrogen-bond donors (Lipinski definition) is 8. The monoisotopic (exact) mass is 1300 g/mol. The van der Waals surface area contributed by atoms with Crippen molar-refractivity contribution in [2.45, 2.75) is 475 Å². The van der Waals surface area contributed by atoms with Gasteiger partial charge in [-0.05, 0) is 77.0 Å². The summed E-state index contributed by atoms with van der Waals surface area (Å²) in [7, 11) is 0. The van der Waals surface area contributed by atoms with Crippen molar-refractivity contribution < 1.29 is 39.6 Å². The molecule has 92 heavy (non-hydrogen) atoms. The Morgan fingerprint density at radius 2 is 0.370 bits per heavy atom. The fourth-order valence-electron chi connectivity index (χ4n) is 13.2. The summed E-state index contributed by atoms with van der Waals surface area (Å²) in [6.07, 6.45) is 67.1. The minimum atomic E-state index is -0.604. The molecule has 0 fully saturated rings. The van der Waals surface area contributed by atoms with Gasteiger partial charge >= 0.3 is 0 Å². The topological polar surface area (TPSA) is 197 Å². The van der Waals surface area contributed by atoms with E-state index in [2.05, 4.69) is 49.0 Å². The minimum absolute atomic E-state index is 0.0654. The quantitative estimate of drug-likeness (QED) is 0.0275. The Morgan fingerprint density at radius 3 is 0.554 bits per heavy atom. The fourth-order valence-corrected chi connectivity index (χ4v) is 13.2. The second-order valence-corrected chi connectivity index (χ2v) is 28.9.